The van der Waals surface area contributed by atoms with Crippen LogP contribution in [0.25, 0.3) is 6.08 Å². The maximum Gasteiger partial charge on any atom is 0.194 e. The molecule has 2 rings (SSSR count). The number of anilines is 1. The molecule has 2 heteroatoms. The van der Waals surface area contributed by atoms with Crippen molar-refractivity contribution in [1.82, 2.24) is 0 Å². The average Bonchev–Trinajstić information content (AvgIpc) is 2.47. The molecule has 0 atom stereocenters. The Morgan fingerprint density at radius 1 is 1.05 bits per heavy atom. The molecule has 0 spiro atoms. The molecule has 0 bridgehead atoms. The molecule has 0 aromatic heterocycles. The minimum absolute atomic E-state index is 0.220. The fourth-order valence-corrected chi connectivity index (χ4v) is 2.07. The SMILES string of the molecule is CCCN(/C(F)=C\c1ccccc1)c1ccc(C)cc1. The lowest BCUT2D eigenvalue weighted by molar-refractivity contribution is 0.591. The van der Waals surface area contributed by atoms with Crippen LogP contribution in [-0.2, 0) is 0 Å². The third-order valence-corrected chi connectivity index (χ3v) is 3.14. The number of nitrogens with zero attached hydrogens (tertiary/aromatic N) is 1. The van der Waals surface area contributed by atoms with E-state index in [1.807, 2.05) is 61.5 Å². The van der Waals surface area contributed by atoms with Crippen LogP contribution in [0, 0.1) is 6.92 Å². The van der Waals surface area contributed by atoms with Gasteiger partial charge in [0.05, 0.1) is 0 Å². The van der Waals surface area contributed by atoms with E-state index < -0.39 is 0 Å². The molecule has 104 valence electrons. The quantitative estimate of drug-likeness (QED) is 0.676. The summed E-state index contributed by atoms with van der Waals surface area (Å²) in [6.45, 7) is 4.75. The van der Waals surface area contributed by atoms with E-state index in [1.165, 1.54) is 5.56 Å². The number of aryl methyl sites for hydroxylation is 1. The van der Waals surface area contributed by atoms with E-state index >= 15 is 0 Å². The van der Waals surface area contributed by atoms with E-state index in [2.05, 4.69) is 6.92 Å². The summed E-state index contributed by atoms with van der Waals surface area (Å²) in [5.41, 5.74) is 2.94. The Labute approximate surface area is 120 Å². The third kappa shape index (κ3) is 3.70. The lowest BCUT2D eigenvalue weighted by atomic mass is 10.2. The minimum Gasteiger partial charge on any atom is -0.318 e. The fraction of sp³-hybridized carbons (Fsp3) is 0.222. The van der Waals surface area contributed by atoms with Crippen LogP contribution >= 0.6 is 0 Å². The van der Waals surface area contributed by atoms with Gasteiger partial charge in [-0.15, -0.1) is 0 Å². The highest BCUT2D eigenvalue weighted by Gasteiger charge is 2.10. The van der Waals surface area contributed by atoms with Crippen LogP contribution in [0.2, 0.25) is 0 Å². The van der Waals surface area contributed by atoms with Crippen LogP contribution in [0.15, 0.2) is 60.5 Å². The van der Waals surface area contributed by atoms with Gasteiger partial charge in [-0.05, 0) is 37.1 Å². The Morgan fingerprint density at radius 3 is 2.30 bits per heavy atom. The average molecular weight is 269 g/mol. The smallest absolute Gasteiger partial charge is 0.194 e. The van der Waals surface area contributed by atoms with Gasteiger partial charge in [-0.1, -0.05) is 55.0 Å². The molecular formula is C18H20FN. The Bertz CT molecular complexity index is 558. The van der Waals surface area contributed by atoms with Gasteiger partial charge >= 0.3 is 0 Å². The zero-order chi connectivity index (χ0) is 14.4. The van der Waals surface area contributed by atoms with Crippen LogP contribution in [0.3, 0.4) is 0 Å². The maximum atomic E-state index is 14.5. The summed E-state index contributed by atoms with van der Waals surface area (Å²) in [4.78, 5) is 1.71. The normalized spacial score (nSPS) is 11.4. The monoisotopic (exact) mass is 269 g/mol. The molecule has 0 aliphatic carbocycles. The Morgan fingerprint density at radius 2 is 1.70 bits per heavy atom. The first-order valence-electron chi connectivity index (χ1n) is 6.97. The van der Waals surface area contributed by atoms with Gasteiger partial charge in [0.1, 0.15) is 0 Å². The van der Waals surface area contributed by atoms with Gasteiger partial charge in [0, 0.05) is 12.2 Å². The third-order valence-electron chi connectivity index (χ3n) is 3.14. The first-order valence-corrected chi connectivity index (χ1v) is 6.97. The summed E-state index contributed by atoms with van der Waals surface area (Å²) in [5.74, 6) is -0.220. The van der Waals surface area contributed by atoms with Gasteiger partial charge in [0.2, 0.25) is 0 Å². The lowest BCUT2D eigenvalue weighted by Gasteiger charge is -2.22. The van der Waals surface area contributed by atoms with Gasteiger partial charge in [-0.3, -0.25) is 0 Å². The summed E-state index contributed by atoms with van der Waals surface area (Å²) in [6, 6.07) is 17.5. The number of rotatable bonds is 5. The van der Waals surface area contributed by atoms with E-state index in [0.29, 0.717) is 6.54 Å². The molecule has 20 heavy (non-hydrogen) atoms. The summed E-state index contributed by atoms with van der Waals surface area (Å²) >= 11 is 0. The second-order valence-corrected chi connectivity index (χ2v) is 4.86. The number of hydrogen-bond acceptors (Lipinski definition) is 1. The van der Waals surface area contributed by atoms with Crippen molar-refractivity contribution in [3.8, 4) is 0 Å². The second-order valence-electron chi connectivity index (χ2n) is 4.86. The van der Waals surface area contributed by atoms with E-state index in [4.69, 9.17) is 0 Å². The molecule has 2 aromatic rings. The molecule has 1 nitrogen and oxygen atoms in total. The molecule has 0 aliphatic rings. The van der Waals surface area contributed by atoms with E-state index in [-0.39, 0.29) is 5.95 Å². The van der Waals surface area contributed by atoms with Gasteiger partial charge in [0.15, 0.2) is 5.95 Å². The Hall–Kier alpha value is -2.09. The number of hydrogen-bond donors (Lipinski definition) is 0. The molecule has 0 radical (unpaired) electrons. The molecule has 0 saturated carbocycles. The Balaban J connectivity index is 2.28. The van der Waals surface area contributed by atoms with Crippen molar-refractivity contribution in [1.29, 1.82) is 0 Å². The van der Waals surface area contributed by atoms with Crippen LogP contribution in [-0.4, -0.2) is 6.54 Å². The first-order chi connectivity index (χ1) is 9.70. The summed E-state index contributed by atoms with van der Waals surface area (Å²) in [6.07, 6.45) is 2.47. The molecule has 0 saturated heterocycles. The molecule has 0 unspecified atom stereocenters. The van der Waals surface area contributed by atoms with Crippen molar-refractivity contribution in [3.05, 3.63) is 71.7 Å². The molecule has 0 heterocycles. The number of halogens is 1. The topological polar surface area (TPSA) is 3.24 Å². The highest BCUT2D eigenvalue weighted by molar-refractivity contribution is 5.60. The maximum absolute atomic E-state index is 14.5. The predicted octanol–water partition coefficient (Wildman–Crippen LogP) is 5.18. The van der Waals surface area contributed by atoms with Gasteiger partial charge < -0.3 is 4.90 Å². The van der Waals surface area contributed by atoms with Crippen LogP contribution < -0.4 is 4.90 Å². The fourth-order valence-electron chi connectivity index (χ4n) is 2.07. The predicted molar refractivity (Wildman–Crippen MR) is 84.3 cm³/mol. The van der Waals surface area contributed by atoms with Crippen molar-refractivity contribution in [2.45, 2.75) is 20.3 Å². The first kappa shape index (κ1) is 14.3. The summed E-state index contributed by atoms with van der Waals surface area (Å²) < 4.78 is 14.5. The van der Waals surface area contributed by atoms with Crippen LogP contribution in [0.4, 0.5) is 10.1 Å². The van der Waals surface area contributed by atoms with E-state index in [0.717, 1.165) is 17.7 Å². The summed E-state index contributed by atoms with van der Waals surface area (Å²) in [5, 5.41) is 0. The minimum atomic E-state index is -0.220. The van der Waals surface area contributed by atoms with Crippen molar-refractivity contribution >= 4 is 11.8 Å². The molecule has 0 fully saturated rings. The highest BCUT2D eigenvalue weighted by atomic mass is 19.1. The highest BCUT2D eigenvalue weighted by Crippen LogP contribution is 2.22. The van der Waals surface area contributed by atoms with Crippen molar-refractivity contribution in [2.24, 2.45) is 0 Å². The lowest BCUT2D eigenvalue weighted by Crippen LogP contribution is -2.21. The largest absolute Gasteiger partial charge is 0.318 e. The van der Waals surface area contributed by atoms with Crippen molar-refractivity contribution in [2.75, 3.05) is 11.4 Å². The van der Waals surface area contributed by atoms with Crippen molar-refractivity contribution < 1.29 is 4.39 Å². The van der Waals surface area contributed by atoms with Gasteiger partial charge in [-0.2, -0.15) is 4.39 Å². The molecule has 2 aromatic carbocycles. The van der Waals surface area contributed by atoms with Gasteiger partial charge in [0.25, 0.3) is 0 Å². The molecule has 0 amide bonds. The van der Waals surface area contributed by atoms with E-state index in [9.17, 15) is 4.39 Å². The standard InChI is InChI=1S/C18H20FN/c1-3-13-20(17-11-9-15(2)10-12-17)18(19)14-16-7-5-4-6-8-16/h4-12,14H,3,13H2,1-2H3/b18-14-. The molecule has 0 aliphatic heterocycles. The van der Waals surface area contributed by atoms with Gasteiger partial charge in [-0.25, -0.2) is 0 Å². The molecule has 0 N–H and O–H groups in total. The molecular weight excluding hydrogens is 249 g/mol. The number of benzene rings is 2. The zero-order valence-electron chi connectivity index (χ0n) is 12.0. The second kappa shape index (κ2) is 6.90. The van der Waals surface area contributed by atoms with Crippen LogP contribution in [0.1, 0.15) is 24.5 Å². The van der Waals surface area contributed by atoms with Crippen molar-refractivity contribution in [3.63, 3.8) is 0 Å². The van der Waals surface area contributed by atoms with E-state index in [1.54, 1.807) is 11.0 Å². The van der Waals surface area contributed by atoms with Crippen LogP contribution in [0.5, 0.6) is 0 Å². The summed E-state index contributed by atoms with van der Waals surface area (Å²) in [7, 11) is 0. The zero-order valence-corrected chi connectivity index (χ0v) is 12.0. The Kier molecular flexibility index (Phi) is 4.94.